The van der Waals surface area contributed by atoms with Crippen LogP contribution in [0.1, 0.15) is 67.2 Å². The molecule has 6 heterocycles. The fourth-order valence-electron chi connectivity index (χ4n) is 14.4. The van der Waals surface area contributed by atoms with Crippen molar-refractivity contribution < 1.29 is 97.7 Å². The van der Waals surface area contributed by atoms with Gasteiger partial charge in [0.2, 0.25) is 0 Å². The number of sulfone groups is 3. The highest BCUT2D eigenvalue weighted by atomic mass is 35.5. The number of rotatable bonds is 15. The number of nitrogens with zero attached hydrogens (tertiary/aromatic N) is 1. The van der Waals surface area contributed by atoms with Crippen molar-refractivity contribution in [3.8, 4) is 23.3 Å². The van der Waals surface area contributed by atoms with Crippen molar-refractivity contribution in [3.63, 3.8) is 0 Å². The maximum Gasteiger partial charge on any atom is 0.296 e. The molecule has 0 spiro atoms. The summed E-state index contributed by atoms with van der Waals surface area (Å²) in [6.45, 7) is 0.549. The third-order valence-corrected chi connectivity index (χ3v) is 28.7. The van der Waals surface area contributed by atoms with Gasteiger partial charge in [0.25, 0.3) is 10.1 Å². The zero-order chi connectivity index (χ0) is 70.3. The molecule has 0 bridgehead atoms. The fraction of sp³-hybridized carbons (Fsp3) is 0.368. The van der Waals surface area contributed by atoms with Gasteiger partial charge in [-0.3, -0.25) is 4.18 Å². The average molecular weight is 1500 g/mol. The van der Waals surface area contributed by atoms with Crippen LogP contribution in [0.15, 0.2) is 153 Å². The van der Waals surface area contributed by atoms with Crippen LogP contribution in [0.2, 0.25) is 15.1 Å². The molecule has 0 aliphatic carbocycles. The first-order valence-electron chi connectivity index (χ1n) is 30.8. The van der Waals surface area contributed by atoms with Crippen LogP contribution in [0.4, 0.5) is 26.3 Å². The Kier molecular flexibility index (Phi) is 21.4. The Morgan fingerprint density at radius 3 is 1.09 bits per heavy atom. The van der Waals surface area contributed by atoms with Gasteiger partial charge in [-0.2, -0.15) is 13.7 Å². The first kappa shape index (κ1) is 72.7. The normalized spacial score (nSPS) is 24.8. The molecule has 13 rings (SSSR count). The van der Waals surface area contributed by atoms with E-state index in [4.69, 9.17) is 72.7 Å². The van der Waals surface area contributed by atoms with Crippen LogP contribution in [0, 0.1) is 70.9 Å². The number of aliphatic hydroxyl groups is 1. The SMILES string of the molecule is Cc1ccc(S(=O)(=O)OCC[C@H]2OCC[C@]3(S(=O)(=O)c4ccc(Cl)cc4)c4c(F)ccc(F)c4OC[C@H]23)cc1.N#CCC[C@H]1OCC[C@]2(S(=O)(=O)c3ccc(Cl)cc3)c3c(F)ccc(F)c3OC[C@H]12.O=S(=O)(c1ccc(Cl)cc1)[C@]12CCO[C@H](CCO)[C@H]1COc1c(F)ccc(F)c12. The molecular weight excluding hydrogens is 1440 g/mol. The summed E-state index contributed by atoms with van der Waals surface area (Å²) in [5.41, 5.74) is -0.131. The molecule has 522 valence electrons. The number of aliphatic hydroxyl groups excluding tert-OH is 1. The summed E-state index contributed by atoms with van der Waals surface area (Å²) in [5.74, 6) is -9.03. The van der Waals surface area contributed by atoms with Gasteiger partial charge in [-0.05, 0) is 167 Å². The first-order valence-corrected chi connectivity index (χ1v) is 37.7. The molecule has 6 aliphatic heterocycles. The number of benzene rings is 7. The lowest BCUT2D eigenvalue weighted by molar-refractivity contribution is -0.0806. The third kappa shape index (κ3) is 12.9. The predicted octanol–water partition coefficient (Wildman–Crippen LogP) is 13.0. The minimum Gasteiger partial charge on any atom is -0.490 e. The monoisotopic (exact) mass is 1500 g/mol. The van der Waals surface area contributed by atoms with E-state index in [1.165, 1.54) is 84.9 Å². The summed E-state index contributed by atoms with van der Waals surface area (Å²) >= 11 is 17.8. The van der Waals surface area contributed by atoms with Crippen LogP contribution in [-0.2, 0) is 72.3 Å². The highest BCUT2D eigenvalue weighted by Gasteiger charge is 2.65. The molecule has 98 heavy (non-hydrogen) atoms. The van der Waals surface area contributed by atoms with E-state index in [2.05, 4.69) is 0 Å². The van der Waals surface area contributed by atoms with Gasteiger partial charge in [0.05, 0.1) is 87.1 Å². The molecular formula is C68H62Cl3F6NO16S4. The van der Waals surface area contributed by atoms with Gasteiger partial charge in [-0.15, -0.1) is 0 Å². The molecule has 0 unspecified atom stereocenters. The predicted molar refractivity (Wildman–Crippen MR) is 346 cm³/mol. The number of ether oxygens (including phenoxy) is 6. The Morgan fingerprint density at radius 1 is 0.459 bits per heavy atom. The lowest BCUT2D eigenvalue weighted by atomic mass is 9.75. The summed E-state index contributed by atoms with van der Waals surface area (Å²) in [7, 11) is -16.9. The van der Waals surface area contributed by atoms with Crippen molar-refractivity contribution in [1.82, 2.24) is 0 Å². The fourth-order valence-corrected chi connectivity index (χ4v) is 22.7. The van der Waals surface area contributed by atoms with Gasteiger partial charge in [0, 0.05) is 65.7 Å². The maximum absolute atomic E-state index is 15.5. The number of hydrogen-bond donors (Lipinski definition) is 1. The topological polar surface area (TPSA) is 245 Å². The molecule has 30 heteroatoms. The summed E-state index contributed by atoms with van der Waals surface area (Å²) < 4.78 is 233. The highest BCUT2D eigenvalue weighted by Crippen LogP contribution is 2.59. The Morgan fingerprint density at radius 2 is 0.765 bits per heavy atom. The number of fused-ring (bicyclic) bond motifs is 9. The Labute approximate surface area is 577 Å². The van der Waals surface area contributed by atoms with Crippen molar-refractivity contribution in [2.45, 2.75) is 104 Å². The molecule has 0 radical (unpaired) electrons. The second-order valence-electron chi connectivity index (χ2n) is 24.1. The largest absolute Gasteiger partial charge is 0.490 e. The smallest absolute Gasteiger partial charge is 0.296 e. The van der Waals surface area contributed by atoms with Crippen LogP contribution in [0.25, 0.3) is 0 Å². The van der Waals surface area contributed by atoms with Crippen LogP contribution in [0.5, 0.6) is 17.2 Å². The standard InChI is InChI=1S/C27H25ClF2O7S2.C21H18ClF2NO4S.C20H19ClF2O5S/c1-17-2-6-20(7-3-17)39(33,34)37-14-12-24-21-16-36-26-23(30)11-10-22(29)25(26)27(21,13-15-35-24)38(31,32)19-8-4-18(28)5-9-19;22-13-3-5-14(6-4-13)30(26,27)21-9-11-28-18(2-1-10-25)15(21)12-29-20-17(24)8-7-16(23)19(20)21;21-12-1-3-13(4-2-12)29(25,26)20-8-10-27-17(7-9-24)14(20)11-28-19-16(23)6-5-15(22)18(19)20/h2-11,21,24H,12-16H2,1H3;3-8,15,18H,1-2,9,11-12H2;1-6,14,17,24H,7-11H2/t21-,24-,27-;15-,18-,21-;14-,17-,20-/m111/s1. The Hall–Kier alpha value is -6.52. The highest BCUT2D eigenvalue weighted by molar-refractivity contribution is 7.93. The van der Waals surface area contributed by atoms with Crippen LogP contribution >= 0.6 is 34.8 Å². The van der Waals surface area contributed by atoms with Crippen molar-refractivity contribution in [2.24, 2.45) is 17.8 Å². The van der Waals surface area contributed by atoms with Crippen molar-refractivity contribution in [2.75, 3.05) is 52.9 Å². The van der Waals surface area contributed by atoms with Gasteiger partial charge in [0.15, 0.2) is 64.2 Å². The van der Waals surface area contributed by atoms with E-state index in [1.54, 1.807) is 12.1 Å². The third-order valence-electron chi connectivity index (χ3n) is 18.9. The minimum atomic E-state index is -4.37. The summed E-state index contributed by atoms with van der Waals surface area (Å²) in [4.78, 5) is -0.237. The molecule has 9 atom stereocenters. The van der Waals surface area contributed by atoms with Gasteiger partial charge in [0.1, 0.15) is 31.7 Å². The number of aryl methyl sites for hydroxylation is 1. The second-order valence-corrected chi connectivity index (χ2v) is 33.6. The van der Waals surface area contributed by atoms with E-state index in [0.717, 1.165) is 42.0 Å². The first-order chi connectivity index (χ1) is 46.6. The Bertz CT molecular complexity index is 4660. The average Bonchev–Trinajstić information content (AvgIpc) is 0.712. The van der Waals surface area contributed by atoms with E-state index < -0.39 is 136 Å². The molecule has 7 aromatic rings. The van der Waals surface area contributed by atoms with Gasteiger partial charge in [-0.1, -0.05) is 52.5 Å². The molecule has 6 aliphatic rings. The lowest BCUT2D eigenvalue weighted by Crippen LogP contribution is -2.57. The van der Waals surface area contributed by atoms with E-state index in [9.17, 15) is 51.9 Å². The molecule has 3 fully saturated rings. The number of halogens is 9. The number of hydrogen-bond acceptors (Lipinski definition) is 17. The molecule has 7 aromatic carbocycles. The van der Waals surface area contributed by atoms with Crippen molar-refractivity contribution >= 4 is 74.4 Å². The maximum atomic E-state index is 15.5. The van der Waals surface area contributed by atoms with Crippen molar-refractivity contribution in [1.29, 1.82) is 5.26 Å². The van der Waals surface area contributed by atoms with E-state index in [0.29, 0.717) is 15.1 Å². The quantitative estimate of drug-likeness (QED) is 0.0740. The van der Waals surface area contributed by atoms with Gasteiger partial charge < -0.3 is 33.5 Å². The van der Waals surface area contributed by atoms with Crippen LogP contribution < -0.4 is 14.2 Å². The van der Waals surface area contributed by atoms with E-state index in [1.807, 2.05) is 13.0 Å². The van der Waals surface area contributed by atoms with Crippen LogP contribution in [0.3, 0.4) is 0 Å². The molecule has 3 saturated heterocycles. The molecule has 0 amide bonds. The minimum absolute atomic E-state index is 0.0172. The Balaban J connectivity index is 0.000000151. The molecule has 1 N–H and O–H groups in total. The summed E-state index contributed by atoms with van der Waals surface area (Å²) in [6.07, 6.45) is -2.04. The zero-order valence-corrected chi connectivity index (χ0v) is 57.4. The summed E-state index contributed by atoms with van der Waals surface area (Å²) in [5, 5.41) is 19.4. The lowest BCUT2D eigenvalue weighted by Gasteiger charge is -2.50. The van der Waals surface area contributed by atoms with Gasteiger partial charge >= 0.3 is 0 Å². The summed E-state index contributed by atoms with van der Waals surface area (Å²) in [6, 6.07) is 30.2. The zero-order valence-electron chi connectivity index (χ0n) is 51.8. The van der Waals surface area contributed by atoms with E-state index >= 15 is 13.2 Å². The molecule has 0 saturated carbocycles. The molecule has 0 aromatic heterocycles. The molecule has 17 nitrogen and oxygen atoms in total. The van der Waals surface area contributed by atoms with Gasteiger partial charge in [-0.25, -0.2) is 51.6 Å². The van der Waals surface area contributed by atoms with Crippen molar-refractivity contribution in [3.05, 3.63) is 206 Å². The van der Waals surface area contributed by atoms with E-state index in [-0.39, 0.29) is 140 Å². The second kappa shape index (κ2) is 28.8. The van der Waals surface area contributed by atoms with Crippen LogP contribution in [-0.4, -0.2) is 110 Å². The number of nitriles is 1.